The third kappa shape index (κ3) is 2.78. The van der Waals surface area contributed by atoms with Crippen LogP contribution in [0.2, 0.25) is 0 Å². The van der Waals surface area contributed by atoms with Gasteiger partial charge in [0.25, 0.3) is 5.91 Å². The van der Waals surface area contributed by atoms with Crippen molar-refractivity contribution in [2.75, 3.05) is 6.61 Å². The molecule has 3 aromatic heterocycles. The number of hydrogen-bond acceptors (Lipinski definition) is 4. The number of hydrogen-bond donors (Lipinski definition) is 1. The van der Waals surface area contributed by atoms with Crippen molar-refractivity contribution in [2.45, 2.75) is 25.0 Å². The quantitative estimate of drug-likeness (QED) is 0.796. The third-order valence-electron chi connectivity index (χ3n) is 4.48. The van der Waals surface area contributed by atoms with Gasteiger partial charge in [-0.1, -0.05) is 0 Å². The van der Waals surface area contributed by atoms with Crippen molar-refractivity contribution in [3.63, 3.8) is 0 Å². The van der Waals surface area contributed by atoms with Crippen LogP contribution in [0.4, 0.5) is 0 Å². The Bertz CT molecular complexity index is 869. The second-order valence-corrected chi connectivity index (χ2v) is 6.12. The molecule has 4 rings (SSSR count). The maximum atomic E-state index is 12.5. The molecule has 0 spiro atoms. The number of carbonyl (C=O) groups is 1. The Balaban J connectivity index is 1.46. The first-order valence-corrected chi connectivity index (χ1v) is 8.01. The Hall–Kier alpha value is -2.67. The summed E-state index contributed by atoms with van der Waals surface area (Å²) >= 11 is 0. The Morgan fingerprint density at radius 1 is 1.33 bits per heavy atom. The summed E-state index contributed by atoms with van der Waals surface area (Å²) in [4.78, 5) is 20.8. The van der Waals surface area contributed by atoms with E-state index in [9.17, 15) is 4.79 Å². The van der Waals surface area contributed by atoms with E-state index in [1.807, 2.05) is 40.5 Å². The Morgan fingerprint density at radius 2 is 2.21 bits per heavy atom. The molecule has 0 saturated carbocycles. The van der Waals surface area contributed by atoms with Gasteiger partial charge in [-0.05, 0) is 25.0 Å². The summed E-state index contributed by atoms with van der Waals surface area (Å²) < 4.78 is 9.68. The fraction of sp³-hybridized carbons (Fsp3) is 0.353. The lowest BCUT2D eigenvalue weighted by atomic mass is 10.0. The van der Waals surface area contributed by atoms with Gasteiger partial charge in [-0.2, -0.15) is 0 Å². The monoisotopic (exact) mass is 325 g/mol. The van der Waals surface area contributed by atoms with Crippen molar-refractivity contribution in [2.24, 2.45) is 7.05 Å². The van der Waals surface area contributed by atoms with E-state index < -0.39 is 0 Å². The number of pyridine rings is 1. The van der Waals surface area contributed by atoms with Gasteiger partial charge in [-0.25, -0.2) is 9.97 Å². The molecule has 7 heteroatoms. The number of aryl methyl sites for hydroxylation is 1. The topological polar surface area (TPSA) is 73.5 Å². The van der Waals surface area contributed by atoms with E-state index >= 15 is 0 Å². The van der Waals surface area contributed by atoms with Crippen LogP contribution in [0.3, 0.4) is 0 Å². The average Bonchev–Trinajstić information content (AvgIpc) is 3.22. The molecule has 1 aliphatic heterocycles. The van der Waals surface area contributed by atoms with Crippen LogP contribution in [0.5, 0.6) is 0 Å². The molecule has 4 heterocycles. The summed E-state index contributed by atoms with van der Waals surface area (Å²) in [5, 5.41) is 3.13. The van der Waals surface area contributed by atoms with Gasteiger partial charge in [0.1, 0.15) is 6.10 Å². The highest BCUT2D eigenvalue weighted by molar-refractivity contribution is 5.95. The highest BCUT2D eigenvalue weighted by Crippen LogP contribution is 2.27. The summed E-state index contributed by atoms with van der Waals surface area (Å²) in [6.45, 7) is 0.627. The number of nitrogens with zero attached hydrogens (tertiary/aromatic N) is 4. The first-order chi connectivity index (χ1) is 11.7. The molecule has 0 radical (unpaired) electrons. The molecule has 0 bridgehead atoms. The SMILES string of the molecule is Cn1cncc1[C@H]1C[C@H](NC(=O)c2ccn3cncc3c2)CCO1. The number of nitrogens with one attached hydrogen (secondary N) is 1. The van der Waals surface area contributed by atoms with Crippen LogP contribution in [0.15, 0.2) is 43.4 Å². The molecule has 1 fully saturated rings. The van der Waals surface area contributed by atoms with Gasteiger partial charge < -0.3 is 19.0 Å². The lowest BCUT2D eigenvalue weighted by molar-refractivity contribution is -0.00301. The van der Waals surface area contributed by atoms with Gasteiger partial charge in [0, 0.05) is 31.5 Å². The highest BCUT2D eigenvalue weighted by Gasteiger charge is 2.27. The highest BCUT2D eigenvalue weighted by atomic mass is 16.5. The molecule has 2 atom stereocenters. The van der Waals surface area contributed by atoms with Crippen LogP contribution in [0, 0.1) is 0 Å². The van der Waals surface area contributed by atoms with Crippen molar-refractivity contribution in [3.05, 3.63) is 54.6 Å². The Labute approximate surface area is 139 Å². The zero-order valence-corrected chi connectivity index (χ0v) is 13.4. The fourth-order valence-corrected chi connectivity index (χ4v) is 3.14. The maximum Gasteiger partial charge on any atom is 0.251 e. The van der Waals surface area contributed by atoms with Gasteiger partial charge >= 0.3 is 0 Å². The standard InChI is InChI=1S/C17H19N5O2/c1-21-10-19-9-15(21)16-7-13(3-5-24-16)20-17(23)12-2-4-22-11-18-8-14(22)6-12/h2,4,6,8-11,13,16H,3,5,7H2,1H3,(H,20,23)/t13-,16-/m1/s1. The van der Waals surface area contributed by atoms with Gasteiger partial charge in [0.05, 0.1) is 36.3 Å². The number of ether oxygens (including phenoxy) is 1. The number of amides is 1. The predicted molar refractivity (Wildman–Crippen MR) is 87.6 cm³/mol. The normalized spacial score (nSPS) is 21.0. The van der Waals surface area contributed by atoms with E-state index in [0.29, 0.717) is 12.2 Å². The van der Waals surface area contributed by atoms with Gasteiger partial charge in [0.2, 0.25) is 0 Å². The molecule has 0 unspecified atom stereocenters. The second kappa shape index (κ2) is 6.09. The van der Waals surface area contributed by atoms with Crippen LogP contribution >= 0.6 is 0 Å². The summed E-state index contributed by atoms with van der Waals surface area (Å²) in [6.07, 6.45) is 10.4. The molecule has 1 saturated heterocycles. The van der Waals surface area contributed by atoms with E-state index in [0.717, 1.165) is 24.1 Å². The maximum absolute atomic E-state index is 12.5. The minimum atomic E-state index is -0.0608. The van der Waals surface area contributed by atoms with E-state index in [4.69, 9.17) is 4.74 Å². The Morgan fingerprint density at radius 3 is 3.04 bits per heavy atom. The molecule has 1 aliphatic rings. The first kappa shape index (κ1) is 14.9. The molecule has 124 valence electrons. The molecule has 0 aromatic carbocycles. The average molecular weight is 325 g/mol. The zero-order chi connectivity index (χ0) is 16.5. The molecule has 0 aliphatic carbocycles. The number of imidazole rings is 2. The zero-order valence-electron chi connectivity index (χ0n) is 13.4. The van der Waals surface area contributed by atoms with Crippen LogP contribution < -0.4 is 5.32 Å². The largest absolute Gasteiger partial charge is 0.372 e. The molecular formula is C17H19N5O2. The van der Waals surface area contributed by atoms with Crippen LogP contribution in [0.25, 0.3) is 5.52 Å². The summed E-state index contributed by atoms with van der Waals surface area (Å²) in [7, 11) is 1.95. The molecule has 1 N–H and O–H groups in total. The number of fused-ring (bicyclic) bond motifs is 1. The van der Waals surface area contributed by atoms with E-state index in [2.05, 4.69) is 15.3 Å². The lowest BCUT2D eigenvalue weighted by Crippen LogP contribution is -2.40. The van der Waals surface area contributed by atoms with Crippen molar-refractivity contribution in [3.8, 4) is 0 Å². The van der Waals surface area contributed by atoms with E-state index in [1.165, 1.54) is 0 Å². The number of aromatic nitrogens is 4. The molecule has 1 amide bonds. The van der Waals surface area contributed by atoms with Crippen LogP contribution in [0.1, 0.15) is 35.0 Å². The predicted octanol–water partition coefficient (Wildman–Crippen LogP) is 1.72. The minimum absolute atomic E-state index is 0.0335. The fourth-order valence-electron chi connectivity index (χ4n) is 3.14. The van der Waals surface area contributed by atoms with Crippen LogP contribution in [-0.2, 0) is 11.8 Å². The summed E-state index contributed by atoms with van der Waals surface area (Å²) in [5.74, 6) is -0.0608. The molecule has 7 nitrogen and oxygen atoms in total. The summed E-state index contributed by atoms with van der Waals surface area (Å²) in [5.41, 5.74) is 2.59. The first-order valence-electron chi connectivity index (χ1n) is 8.01. The van der Waals surface area contributed by atoms with E-state index in [1.54, 1.807) is 18.9 Å². The lowest BCUT2D eigenvalue weighted by Gasteiger charge is -2.30. The number of rotatable bonds is 3. The molecule has 24 heavy (non-hydrogen) atoms. The molecular weight excluding hydrogens is 306 g/mol. The van der Waals surface area contributed by atoms with Gasteiger partial charge in [0.15, 0.2) is 0 Å². The Kier molecular flexibility index (Phi) is 3.78. The smallest absolute Gasteiger partial charge is 0.251 e. The molecule has 3 aromatic rings. The van der Waals surface area contributed by atoms with Crippen molar-refractivity contribution < 1.29 is 9.53 Å². The van der Waals surface area contributed by atoms with Gasteiger partial charge in [-0.3, -0.25) is 4.79 Å². The second-order valence-electron chi connectivity index (χ2n) is 6.12. The third-order valence-corrected chi connectivity index (χ3v) is 4.48. The summed E-state index contributed by atoms with van der Waals surface area (Å²) in [6, 6.07) is 3.75. The van der Waals surface area contributed by atoms with Gasteiger partial charge in [-0.15, -0.1) is 0 Å². The van der Waals surface area contributed by atoms with E-state index in [-0.39, 0.29) is 18.1 Å². The van der Waals surface area contributed by atoms with Crippen LogP contribution in [-0.4, -0.2) is 37.5 Å². The number of carbonyl (C=O) groups excluding carboxylic acids is 1. The van der Waals surface area contributed by atoms with Crippen molar-refractivity contribution in [1.82, 2.24) is 24.3 Å². The van der Waals surface area contributed by atoms with Crippen molar-refractivity contribution in [1.29, 1.82) is 0 Å². The minimum Gasteiger partial charge on any atom is -0.372 e. The van der Waals surface area contributed by atoms with Crippen molar-refractivity contribution >= 4 is 11.4 Å².